The van der Waals surface area contributed by atoms with Crippen molar-refractivity contribution in [3.8, 4) is 0 Å². The van der Waals surface area contributed by atoms with Gasteiger partial charge in [0.2, 0.25) is 0 Å². The molecule has 9 nitrogen and oxygen atoms in total. The third kappa shape index (κ3) is 3.69. The van der Waals surface area contributed by atoms with Crippen LogP contribution < -0.4 is 16.8 Å². The van der Waals surface area contributed by atoms with Crippen LogP contribution in [0, 0.1) is 5.92 Å². The van der Waals surface area contributed by atoms with Crippen LogP contribution in [-0.4, -0.2) is 66.9 Å². The minimum absolute atomic E-state index is 0.0130. The molecule has 22 heavy (non-hydrogen) atoms. The second-order valence-electron chi connectivity index (χ2n) is 5.95. The van der Waals surface area contributed by atoms with Gasteiger partial charge in [-0.05, 0) is 6.92 Å². The van der Waals surface area contributed by atoms with Crippen molar-refractivity contribution in [3.05, 3.63) is 0 Å². The number of nitrogens with one attached hydrogen (secondary N) is 1. The summed E-state index contributed by atoms with van der Waals surface area (Å²) in [5.41, 5.74) is 12.2. The van der Waals surface area contributed by atoms with Crippen LogP contribution in [0.4, 0.5) is 0 Å². The fourth-order valence-electron chi connectivity index (χ4n) is 3.32. The van der Waals surface area contributed by atoms with E-state index >= 15 is 0 Å². The molecule has 5 unspecified atom stereocenters. The van der Waals surface area contributed by atoms with Crippen molar-refractivity contribution in [2.24, 2.45) is 17.4 Å². The van der Waals surface area contributed by atoms with Crippen molar-refractivity contribution in [2.45, 2.75) is 50.5 Å². The quantitative estimate of drug-likeness (QED) is 0.433. The van der Waals surface area contributed by atoms with Gasteiger partial charge in [0, 0.05) is 19.1 Å². The molecule has 0 spiro atoms. The molecule has 2 heterocycles. The van der Waals surface area contributed by atoms with E-state index in [1.807, 2.05) is 18.7 Å². The summed E-state index contributed by atoms with van der Waals surface area (Å²) in [7, 11) is -1.40. The first-order valence-electron chi connectivity index (χ1n) is 7.41. The Morgan fingerprint density at radius 1 is 1.59 bits per heavy atom. The molecule has 2 rings (SSSR count). The van der Waals surface area contributed by atoms with E-state index in [0.29, 0.717) is 6.67 Å². The van der Waals surface area contributed by atoms with Gasteiger partial charge >= 0.3 is 8.25 Å². The van der Waals surface area contributed by atoms with Crippen molar-refractivity contribution in [2.75, 3.05) is 20.4 Å². The first-order valence-corrected chi connectivity index (χ1v) is 8.67. The number of hydrogen-bond donors (Lipinski definition) is 4. The van der Waals surface area contributed by atoms with Crippen LogP contribution in [0.1, 0.15) is 13.8 Å². The predicted octanol–water partition coefficient (Wildman–Crippen LogP) is -1.38. The lowest BCUT2D eigenvalue weighted by atomic mass is 10.0. The molecule has 10 heteroatoms. The zero-order chi connectivity index (χ0) is 16.4. The number of hydrogen-bond acceptors (Lipinski definition) is 8. The predicted molar refractivity (Wildman–Crippen MR) is 81.0 cm³/mol. The first-order chi connectivity index (χ1) is 10.4. The van der Waals surface area contributed by atoms with E-state index in [9.17, 15) is 4.57 Å². The Bertz CT molecular complexity index is 402. The molecular formula is C12H27N4O5P. The maximum absolute atomic E-state index is 10.8. The molecule has 0 aromatic heterocycles. The van der Waals surface area contributed by atoms with Gasteiger partial charge in [0.05, 0.1) is 31.6 Å². The maximum Gasteiger partial charge on any atom is 0.316 e. The number of methoxy groups -OCH3 is 1. The summed E-state index contributed by atoms with van der Waals surface area (Å²) in [5, 5.41) is 3.29. The lowest BCUT2D eigenvalue weighted by Gasteiger charge is -2.31. The third-order valence-corrected chi connectivity index (χ3v) is 4.86. The van der Waals surface area contributed by atoms with Crippen LogP contribution in [-0.2, 0) is 18.6 Å². The molecule has 2 saturated heterocycles. The van der Waals surface area contributed by atoms with E-state index in [4.69, 9.17) is 30.4 Å². The Hall–Kier alpha value is -0.0900. The average Bonchev–Trinajstić information content (AvgIpc) is 2.96. The molecule has 2 aliphatic rings. The van der Waals surface area contributed by atoms with Crippen molar-refractivity contribution < 1.29 is 23.5 Å². The fourth-order valence-corrected chi connectivity index (χ4v) is 3.62. The van der Waals surface area contributed by atoms with Crippen LogP contribution in [0.15, 0.2) is 0 Å². The van der Waals surface area contributed by atoms with Crippen LogP contribution in [0.3, 0.4) is 0 Å². The van der Waals surface area contributed by atoms with Gasteiger partial charge in [0.1, 0.15) is 12.3 Å². The standard InChI is InChI=1S/C12H27N4O5P/c1-6-10(19-3)8(4-20-22(17)18)21-12(6)16-5-15-9(7(2)13)11(16)14/h6-12,15,22H,4-5,13-14H2,1-3H3,(H,17,18)/t6?,7?,8-,9?,10-,11?,12-/m1/s1. The minimum Gasteiger partial charge on any atom is -0.378 e. The highest BCUT2D eigenvalue weighted by molar-refractivity contribution is 7.32. The number of nitrogens with zero attached hydrogens (tertiary/aromatic N) is 1. The topological polar surface area (TPSA) is 132 Å². The molecule has 2 fully saturated rings. The maximum atomic E-state index is 10.8. The summed E-state index contributed by atoms with van der Waals surface area (Å²) < 4.78 is 27.0. The highest BCUT2D eigenvalue weighted by Gasteiger charge is 2.49. The third-order valence-electron chi connectivity index (χ3n) is 4.45. The van der Waals surface area contributed by atoms with E-state index in [2.05, 4.69) is 5.32 Å². The van der Waals surface area contributed by atoms with Crippen molar-refractivity contribution in [1.82, 2.24) is 10.2 Å². The van der Waals surface area contributed by atoms with Gasteiger partial charge < -0.3 is 30.4 Å². The molecule has 0 amide bonds. The van der Waals surface area contributed by atoms with E-state index in [1.54, 1.807) is 7.11 Å². The molecule has 0 radical (unpaired) electrons. The second-order valence-corrected chi connectivity index (χ2v) is 6.77. The molecule has 0 aliphatic carbocycles. The Labute approximate surface area is 131 Å². The van der Waals surface area contributed by atoms with E-state index in [-0.39, 0.29) is 43.1 Å². The number of nitrogens with two attached hydrogens (primary N) is 2. The minimum atomic E-state index is -2.99. The van der Waals surface area contributed by atoms with Gasteiger partial charge in [-0.15, -0.1) is 0 Å². The SMILES string of the molecule is CO[C@@H]1C(C)[C@H](N2CNC(C(C)N)C2N)O[C@@H]1CO[PH](=O)O. The van der Waals surface area contributed by atoms with E-state index in [0.717, 1.165) is 0 Å². The molecule has 130 valence electrons. The zero-order valence-electron chi connectivity index (χ0n) is 13.1. The average molecular weight is 338 g/mol. The Morgan fingerprint density at radius 2 is 2.27 bits per heavy atom. The zero-order valence-corrected chi connectivity index (χ0v) is 14.1. The second kappa shape index (κ2) is 7.65. The molecule has 0 bridgehead atoms. The van der Waals surface area contributed by atoms with E-state index in [1.165, 1.54) is 0 Å². The van der Waals surface area contributed by atoms with E-state index < -0.39 is 14.4 Å². The first kappa shape index (κ1) is 18.3. The highest BCUT2D eigenvalue weighted by atomic mass is 31.1. The van der Waals surface area contributed by atoms with Gasteiger partial charge in [-0.3, -0.25) is 9.88 Å². The van der Waals surface area contributed by atoms with Gasteiger partial charge in [-0.2, -0.15) is 0 Å². The molecule has 2 aliphatic heterocycles. The number of ether oxygens (including phenoxy) is 2. The smallest absolute Gasteiger partial charge is 0.316 e. The highest BCUT2D eigenvalue weighted by Crippen LogP contribution is 2.34. The molecule has 0 saturated carbocycles. The molecule has 8 atom stereocenters. The van der Waals surface area contributed by atoms with Gasteiger partial charge in [0.25, 0.3) is 0 Å². The van der Waals surface area contributed by atoms with Crippen LogP contribution in [0.25, 0.3) is 0 Å². The molecule has 6 N–H and O–H groups in total. The summed E-state index contributed by atoms with van der Waals surface area (Å²) in [5.74, 6) is 0.0410. The fraction of sp³-hybridized carbons (Fsp3) is 1.00. The molecule has 0 aromatic rings. The Morgan fingerprint density at radius 3 is 2.77 bits per heavy atom. The summed E-state index contributed by atoms with van der Waals surface area (Å²) in [6, 6.07) is -0.0879. The van der Waals surface area contributed by atoms with Crippen LogP contribution in [0.5, 0.6) is 0 Å². The summed E-state index contributed by atoms with van der Waals surface area (Å²) in [6.07, 6.45) is -1.16. The molecular weight excluding hydrogens is 311 g/mol. The number of rotatable bonds is 6. The molecule has 0 aromatic carbocycles. The van der Waals surface area contributed by atoms with Gasteiger partial charge in [-0.25, -0.2) is 4.90 Å². The van der Waals surface area contributed by atoms with Crippen molar-refractivity contribution in [1.29, 1.82) is 0 Å². The lowest BCUT2D eigenvalue weighted by Crippen LogP contribution is -2.54. The normalized spacial score (nSPS) is 42.6. The van der Waals surface area contributed by atoms with Crippen molar-refractivity contribution >= 4 is 8.25 Å². The van der Waals surface area contributed by atoms with Crippen LogP contribution >= 0.6 is 8.25 Å². The summed E-state index contributed by atoms with van der Waals surface area (Å²) >= 11 is 0. The monoisotopic (exact) mass is 338 g/mol. The van der Waals surface area contributed by atoms with Crippen LogP contribution in [0.2, 0.25) is 0 Å². The largest absolute Gasteiger partial charge is 0.378 e. The Kier molecular flexibility index (Phi) is 6.35. The summed E-state index contributed by atoms with van der Waals surface area (Å²) in [4.78, 5) is 10.8. The van der Waals surface area contributed by atoms with Gasteiger partial charge in [-0.1, -0.05) is 6.92 Å². The Balaban J connectivity index is 2.04. The van der Waals surface area contributed by atoms with Gasteiger partial charge in [0.15, 0.2) is 0 Å². The van der Waals surface area contributed by atoms with Crippen molar-refractivity contribution in [3.63, 3.8) is 0 Å². The summed E-state index contributed by atoms with van der Waals surface area (Å²) in [6.45, 7) is 4.50. The lowest BCUT2D eigenvalue weighted by molar-refractivity contribution is -0.0879.